The molecule has 0 atom stereocenters. The number of fused-ring (bicyclic) bond motifs is 5. The van der Waals surface area contributed by atoms with Crippen LogP contribution in [0.4, 0.5) is 5.69 Å². The highest BCUT2D eigenvalue weighted by Gasteiger charge is 2.29. The second-order valence-electron chi connectivity index (χ2n) is 8.25. The maximum absolute atomic E-state index is 6.36. The fourth-order valence-electron chi connectivity index (χ4n) is 4.97. The fourth-order valence-corrected chi connectivity index (χ4v) is 5.17. The lowest BCUT2D eigenvalue weighted by molar-refractivity contribution is -0.686. The van der Waals surface area contributed by atoms with E-state index in [0.717, 1.165) is 56.1 Å². The monoisotopic (exact) mass is 423 g/mol. The molecule has 5 nitrogen and oxygen atoms in total. The number of hydrogen-bond donors (Lipinski definition) is 0. The zero-order valence-electron chi connectivity index (χ0n) is 17.0. The van der Waals surface area contributed by atoms with Gasteiger partial charge in [0.25, 0.3) is 0 Å². The molecule has 3 aliphatic heterocycles. The van der Waals surface area contributed by atoms with Crippen molar-refractivity contribution < 1.29 is 18.8 Å². The number of ether oxygens (including phenoxy) is 3. The SMILES string of the molecule is COc1ccc2cc3[n+](cc2c1N1CCC(Cl)CC1)CCc1cc2c(cc1-3)OCO2. The largest absolute Gasteiger partial charge is 0.495 e. The third kappa shape index (κ3) is 2.79. The zero-order valence-corrected chi connectivity index (χ0v) is 17.7. The molecule has 0 aliphatic carbocycles. The summed E-state index contributed by atoms with van der Waals surface area (Å²) in [6.07, 6.45) is 5.27. The molecule has 1 fully saturated rings. The molecule has 6 rings (SSSR count). The summed E-state index contributed by atoms with van der Waals surface area (Å²) in [5, 5.41) is 2.72. The van der Waals surface area contributed by atoms with Gasteiger partial charge in [-0.2, -0.15) is 4.57 Å². The van der Waals surface area contributed by atoms with Crippen molar-refractivity contribution in [2.75, 3.05) is 31.9 Å². The van der Waals surface area contributed by atoms with E-state index in [1.54, 1.807) is 7.11 Å². The van der Waals surface area contributed by atoms with Crippen LogP contribution in [0.3, 0.4) is 0 Å². The van der Waals surface area contributed by atoms with Crippen LogP contribution in [0.25, 0.3) is 22.0 Å². The van der Waals surface area contributed by atoms with Gasteiger partial charge in [-0.05, 0) is 42.0 Å². The van der Waals surface area contributed by atoms with Gasteiger partial charge in [-0.25, -0.2) is 0 Å². The maximum atomic E-state index is 6.36. The number of benzene rings is 2. The Hall–Kier alpha value is -2.66. The van der Waals surface area contributed by atoms with Crippen LogP contribution in [-0.4, -0.2) is 32.4 Å². The molecule has 0 amide bonds. The molecule has 3 aliphatic rings. The van der Waals surface area contributed by atoms with Gasteiger partial charge in [0, 0.05) is 31.0 Å². The standard InChI is InChI=1S/C24H24ClN2O3/c1-28-21-3-2-15-10-20-18-12-23-22(29-14-30-23)11-16(18)4-7-27(20)13-19(15)24(21)26-8-5-17(25)6-9-26/h2-3,10-13,17H,4-9,14H2,1H3/q+1. The molecule has 0 saturated carbocycles. The van der Waals surface area contributed by atoms with Gasteiger partial charge in [-0.15, -0.1) is 11.6 Å². The number of pyridine rings is 1. The number of alkyl halides is 1. The summed E-state index contributed by atoms with van der Waals surface area (Å²) < 4.78 is 19.4. The van der Waals surface area contributed by atoms with Crippen molar-refractivity contribution >= 4 is 28.1 Å². The molecule has 30 heavy (non-hydrogen) atoms. The van der Waals surface area contributed by atoms with Crippen molar-refractivity contribution in [1.29, 1.82) is 0 Å². The lowest BCUT2D eigenvalue weighted by atomic mass is 9.94. The summed E-state index contributed by atoms with van der Waals surface area (Å²) in [7, 11) is 1.75. The highest BCUT2D eigenvalue weighted by Crippen LogP contribution is 2.42. The molecule has 0 N–H and O–H groups in total. The average molecular weight is 424 g/mol. The Labute approximate surface area is 180 Å². The van der Waals surface area contributed by atoms with Gasteiger partial charge in [0.1, 0.15) is 5.75 Å². The molecule has 6 heteroatoms. The molecule has 1 aromatic heterocycles. The summed E-state index contributed by atoms with van der Waals surface area (Å²) >= 11 is 6.36. The summed E-state index contributed by atoms with van der Waals surface area (Å²) in [5.74, 6) is 2.62. The van der Waals surface area contributed by atoms with Crippen molar-refractivity contribution in [3.63, 3.8) is 0 Å². The number of hydrogen-bond acceptors (Lipinski definition) is 4. The van der Waals surface area contributed by atoms with E-state index >= 15 is 0 Å². The molecule has 3 aromatic rings. The Morgan fingerprint density at radius 3 is 2.70 bits per heavy atom. The summed E-state index contributed by atoms with van der Waals surface area (Å²) in [6.45, 7) is 3.16. The first kappa shape index (κ1) is 18.1. The van der Waals surface area contributed by atoms with E-state index in [9.17, 15) is 0 Å². The summed E-state index contributed by atoms with van der Waals surface area (Å²) in [4.78, 5) is 2.43. The van der Waals surface area contributed by atoms with Crippen molar-refractivity contribution in [3.05, 3.63) is 42.1 Å². The number of rotatable bonds is 2. The lowest BCUT2D eigenvalue weighted by Crippen LogP contribution is -2.40. The van der Waals surface area contributed by atoms with E-state index in [1.807, 2.05) is 0 Å². The molecule has 0 spiro atoms. The quantitative estimate of drug-likeness (QED) is 0.455. The predicted molar refractivity (Wildman–Crippen MR) is 117 cm³/mol. The highest BCUT2D eigenvalue weighted by molar-refractivity contribution is 6.20. The molecule has 154 valence electrons. The Morgan fingerprint density at radius 2 is 1.90 bits per heavy atom. The van der Waals surface area contributed by atoms with Crippen LogP contribution < -0.4 is 23.7 Å². The molecule has 0 radical (unpaired) electrons. The molecule has 4 heterocycles. The Bertz CT molecular complexity index is 1160. The van der Waals surface area contributed by atoms with E-state index in [0.29, 0.717) is 6.79 Å². The number of aromatic nitrogens is 1. The van der Waals surface area contributed by atoms with Gasteiger partial charge in [0.2, 0.25) is 12.5 Å². The maximum Gasteiger partial charge on any atom is 0.231 e. The molecule has 0 unspecified atom stereocenters. The first-order chi connectivity index (χ1) is 14.7. The zero-order chi connectivity index (χ0) is 20.2. The van der Waals surface area contributed by atoms with E-state index < -0.39 is 0 Å². The summed E-state index contributed by atoms with van der Waals surface area (Å²) in [6, 6.07) is 10.8. The summed E-state index contributed by atoms with van der Waals surface area (Å²) in [5.41, 5.74) is 4.95. The molecular formula is C24H24ClN2O3+. The Balaban J connectivity index is 1.51. The molecule has 2 aromatic carbocycles. The third-order valence-corrected chi connectivity index (χ3v) is 6.99. The molecule has 1 saturated heterocycles. The van der Waals surface area contributed by atoms with Crippen molar-refractivity contribution in [2.24, 2.45) is 0 Å². The smallest absolute Gasteiger partial charge is 0.231 e. The number of piperidine rings is 1. The van der Waals surface area contributed by atoms with E-state index in [4.69, 9.17) is 25.8 Å². The van der Waals surface area contributed by atoms with Gasteiger partial charge < -0.3 is 19.1 Å². The average Bonchev–Trinajstić information content (AvgIpc) is 3.23. The third-order valence-electron chi connectivity index (χ3n) is 6.56. The minimum Gasteiger partial charge on any atom is -0.495 e. The minimum absolute atomic E-state index is 0.272. The van der Waals surface area contributed by atoms with Gasteiger partial charge in [0.15, 0.2) is 24.2 Å². The molecular weight excluding hydrogens is 400 g/mol. The minimum atomic E-state index is 0.272. The normalized spacial score (nSPS) is 17.7. The van der Waals surface area contributed by atoms with Crippen LogP contribution in [0.15, 0.2) is 36.5 Å². The first-order valence-electron chi connectivity index (χ1n) is 10.6. The van der Waals surface area contributed by atoms with E-state index in [2.05, 4.69) is 46.0 Å². The van der Waals surface area contributed by atoms with Crippen molar-refractivity contribution in [1.82, 2.24) is 0 Å². The Morgan fingerprint density at radius 1 is 1.10 bits per heavy atom. The van der Waals surface area contributed by atoms with Crippen LogP contribution in [-0.2, 0) is 13.0 Å². The van der Waals surface area contributed by atoms with Gasteiger partial charge in [0.05, 0.1) is 23.7 Å². The topological polar surface area (TPSA) is 34.8 Å². The van der Waals surface area contributed by atoms with Crippen molar-refractivity contribution in [3.8, 4) is 28.5 Å². The van der Waals surface area contributed by atoms with Crippen LogP contribution in [0.2, 0.25) is 0 Å². The van der Waals surface area contributed by atoms with Crippen LogP contribution in [0.1, 0.15) is 18.4 Å². The number of aryl methyl sites for hydroxylation is 2. The number of methoxy groups -OCH3 is 1. The van der Waals surface area contributed by atoms with Crippen LogP contribution >= 0.6 is 11.6 Å². The lowest BCUT2D eigenvalue weighted by Gasteiger charge is -2.33. The van der Waals surface area contributed by atoms with Crippen molar-refractivity contribution in [2.45, 2.75) is 31.2 Å². The number of nitrogens with zero attached hydrogens (tertiary/aromatic N) is 2. The van der Waals surface area contributed by atoms with Crippen LogP contribution in [0.5, 0.6) is 17.2 Å². The number of anilines is 1. The number of halogens is 1. The first-order valence-corrected chi connectivity index (χ1v) is 11.0. The van der Waals surface area contributed by atoms with Gasteiger partial charge in [-0.3, -0.25) is 0 Å². The van der Waals surface area contributed by atoms with E-state index in [-0.39, 0.29) is 5.38 Å². The van der Waals surface area contributed by atoms with E-state index in [1.165, 1.54) is 33.3 Å². The second-order valence-corrected chi connectivity index (χ2v) is 8.86. The highest BCUT2D eigenvalue weighted by atomic mass is 35.5. The van der Waals surface area contributed by atoms with Crippen LogP contribution in [0, 0.1) is 0 Å². The Kier molecular flexibility index (Phi) is 4.20. The van der Waals surface area contributed by atoms with Gasteiger partial charge >= 0.3 is 0 Å². The predicted octanol–water partition coefficient (Wildman–Crippen LogP) is 4.30. The molecule has 0 bridgehead atoms. The fraction of sp³-hybridized carbons (Fsp3) is 0.375. The second kappa shape index (κ2) is 6.95. The van der Waals surface area contributed by atoms with Gasteiger partial charge in [-0.1, -0.05) is 6.07 Å².